The minimum atomic E-state index is -5.10. The molecule has 0 aliphatic heterocycles. The largest absolute Gasteiger partial charge is 0.507 e. The Labute approximate surface area is 583 Å². The number of hydrogen-bond acceptors (Lipinski definition) is 29. The van der Waals surface area contributed by atoms with E-state index >= 15 is 0 Å². The Morgan fingerprint density at radius 2 is 0.380 bits per heavy atom. The van der Waals surface area contributed by atoms with Crippen molar-refractivity contribution in [1.82, 2.24) is 0 Å². The molecular formula is C63H94O33S4. The summed E-state index contributed by atoms with van der Waals surface area (Å²) in [7, 11) is -18.7. The highest BCUT2D eigenvalue weighted by atomic mass is 32.2. The number of phenols is 3. The molecule has 1 aliphatic carbocycles. The first kappa shape index (κ1) is 85.7. The Morgan fingerprint density at radius 1 is 0.240 bits per heavy atom. The van der Waals surface area contributed by atoms with E-state index in [9.17, 15) is 67.2 Å². The van der Waals surface area contributed by atoms with Crippen LogP contribution in [0.25, 0.3) is 0 Å². The van der Waals surface area contributed by atoms with Gasteiger partial charge in [-0.15, -0.1) is 0 Å². The summed E-state index contributed by atoms with van der Waals surface area (Å²) >= 11 is 0. The van der Waals surface area contributed by atoms with Gasteiger partial charge in [-0.05, 0) is 48.5 Å². The molecule has 0 atom stereocenters. The molecule has 37 heteroatoms. The van der Waals surface area contributed by atoms with E-state index in [1.807, 2.05) is 0 Å². The monoisotopic (exact) mass is 1510 g/mol. The van der Waals surface area contributed by atoms with Gasteiger partial charge in [0.25, 0.3) is 40.5 Å². The first-order valence-corrected chi connectivity index (χ1v) is 37.7. The van der Waals surface area contributed by atoms with E-state index in [0.29, 0.717) is 185 Å². The van der Waals surface area contributed by atoms with Gasteiger partial charge in [0, 0.05) is 77.3 Å². The molecule has 1 aliphatic rings. The van der Waals surface area contributed by atoms with Crippen molar-refractivity contribution in [2.24, 2.45) is 0 Å². The molecule has 4 aromatic rings. The van der Waals surface area contributed by atoms with Crippen molar-refractivity contribution in [3.8, 4) is 23.0 Å². The molecule has 8 bridgehead atoms. The molecule has 0 amide bonds. The number of aromatic hydroxyl groups is 3. The van der Waals surface area contributed by atoms with Crippen molar-refractivity contribution >= 4 is 40.5 Å². The second kappa shape index (κ2) is 47.4. The third-order valence-electron chi connectivity index (χ3n) is 14.1. The smallest absolute Gasteiger partial charge is 0.294 e. The van der Waals surface area contributed by atoms with Gasteiger partial charge in [0.15, 0.2) is 0 Å². The van der Waals surface area contributed by atoms with E-state index in [0.717, 1.165) is 48.5 Å². The molecule has 0 saturated carbocycles. The van der Waals surface area contributed by atoms with E-state index in [1.165, 1.54) is 0 Å². The molecule has 33 nitrogen and oxygen atoms in total. The average molecular weight is 1510 g/mol. The SMILES string of the molecule is COCCOCCOCCOCCOCCOCCOCCOCCOCCOCCOCCOCCOCCOCCOCCOCCOCCOc1c2cc(S(=O)(=O)O)cc1Cc1cc(S(=O)(=O)O)cc(c1O)Cc1cc(S(=O)(=O)O)cc(c1O)Cc1cc(S(=O)(=O)O)cc(c1O)C2. The lowest BCUT2D eigenvalue weighted by molar-refractivity contribution is -0.0306. The summed E-state index contributed by atoms with van der Waals surface area (Å²) in [6.45, 7) is 12.6. The number of benzene rings is 4. The molecule has 0 aromatic heterocycles. The first-order valence-electron chi connectivity index (χ1n) is 31.9. The van der Waals surface area contributed by atoms with Gasteiger partial charge >= 0.3 is 0 Å². The van der Waals surface area contributed by atoms with Crippen LogP contribution in [-0.4, -0.2) is 299 Å². The van der Waals surface area contributed by atoms with Crippen molar-refractivity contribution in [3.63, 3.8) is 0 Å². The topological polar surface area (TPSA) is 444 Å². The zero-order valence-electron chi connectivity index (χ0n) is 55.9. The standard InChI is InChI=1S/C63H94O33S4/c1-79-2-3-80-4-5-81-6-7-82-8-9-83-10-11-84-12-13-85-14-15-86-16-17-87-18-19-88-20-21-89-22-23-90-24-25-91-26-27-92-28-29-93-30-31-94-32-33-95-34-35-96-63-54-38-52-44-57(98(70,71)72)42-50(61(52)65)36-48-40-56(97(67,68)69)41-49(60(48)64)37-51-43-58(99(73,74)75)45-53(62(51)66)39-55(63)47-59(46-54)100(76,77)78/h40-47,64-66H,2-39H2,1H3,(H,67,68,69)(H,70,71,72)(H,73,74,75)(H,76,77,78). The van der Waals surface area contributed by atoms with Crippen LogP contribution in [-0.2, 0) is 147 Å². The second-order valence-electron chi connectivity index (χ2n) is 21.6. The quantitative estimate of drug-likeness (QED) is 0.0217. The third-order valence-corrected chi connectivity index (χ3v) is 17.5. The normalized spacial score (nSPS) is 13.0. The van der Waals surface area contributed by atoms with Gasteiger partial charge in [0.1, 0.15) is 29.6 Å². The Bertz CT molecular complexity index is 3350. The summed E-state index contributed by atoms with van der Waals surface area (Å²) in [5.74, 6) is -2.27. The predicted molar refractivity (Wildman–Crippen MR) is 352 cm³/mol. The highest BCUT2D eigenvalue weighted by molar-refractivity contribution is 7.86. The highest BCUT2D eigenvalue weighted by Gasteiger charge is 2.28. The van der Waals surface area contributed by atoms with Crippen LogP contribution in [0, 0.1) is 0 Å². The number of hydrogen-bond donors (Lipinski definition) is 7. The zero-order valence-corrected chi connectivity index (χ0v) is 59.1. The fourth-order valence-electron chi connectivity index (χ4n) is 9.33. The van der Waals surface area contributed by atoms with Gasteiger partial charge in [-0.1, -0.05) is 0 Å². The predicted octanol–water partition coefficient (Wildman–Crippen LogP) is 2.76. The van der Waals surface area contributed by atoms with Crippen LogP contribution in [0.5, 0.6) is 23.0 Å². The number of rotatable bonds is 56. The first-order chi connectivity index (χ1) is 48.0. The van der Waals surface area contributed by atoms with E-state index in [-0.39, 0.29) is 89.9 Å². The molecular weight excluding hydrogens is 1410 g/mol. The van der Waals surface area contributed by atoms with Gasteiger partial charge in [-0.25, -0.2) is 0 Å². The molecule has 0 spiro atoms. The molecule has 5 rings (SSSR count). The molecule has 4 aromatic carbocycles. The Kier molecular flexibility index (Phi) is 40.6. The van der Waals surface area contributed by atoms with Gasteiger partial charge in [0.2, 0.25) is 0 Å². The lowest BCUT2D eigenvalue weighted by Crippen LogP contribution is -2.16. The van der Waals surface area contributed by atoms with Crippen LogP contribution in [0.1, 0.15) is 44.5 Å². The maximum Gasteiger partial charge on any atom is 0.294 e. The van der Waals surface area contributed by atoms with Gasteiger partial charge in [0.05, 0.1) is 238 Å². The molecule has 0 fully saturated rings. The fraction of sp³-hybridized carbons (Fsp3) is 0.619. The molecule has 100 heavy (non-hydrogen) atoms. The fourth-order valence-corrected chi connectivity index (χ4v) is 11.7. The van der Waals surface area contributed by atoms with Crippen LogP contribution < -0.4 is 4.74 Å². The van der Waals surface area contributed by atoms with Crippen molar-refractivity contribution in [3.05, 3.63) is 93.0 Å². The minimum Gasteiger partial charge on any atom is -0.507 e. The number of ether oxygens (including phenoxy) is 18. The van der Waals surface area contributed by atoms with Crippen LogP contribution in [0.4, 0.5) is 0 Å². The Hall–Kier alpha value is -4.96. The maximum atomic E-state index is 12.8. The van der Waals surface area contributed by atoms with E-state index in [1.54, 1.807) is 7.11 Å². The van der Waals surface area contributed by atoms with E-state index < -0.39 is 103 Å². The average Bonchev–Trinajstić information content (AvgIpc) is 0.770. The molecule has 0 unspecified atom stereocenters. The van der Waals surface area contributed by atoms with Crippen molar-refractivity contribution < 1.29 is 152 Å². The van der Waals surface area contributed by atoms with Gasteiger partial charge in [-0.2, -0.15) is 33.7 Å². The van der Waals surface area contributed by atoms with Crippen LogP contribution in [0.15, 0.2) is 68.1 Å². The summed E-state index contributed by atoms with van der Waals surface area (Å²) in [5.41, 5.74) is -2.40. The van der Waals surface area contributed by atoms with E-state index in [4.69, 9.17) is 85.3 Å². The van der Waals surface area contributed by atoms with Crippen LogP contribution in [0.2, 0.25) is 0 Å². The third kappa shape index (κ3) is 34.1. The van der Waals surface area contributed by atoms with Crippen molar-refractivity contribution in [2.45, 2.75) is 45.3 Å². The van der Waals surface area contributed by atoms with Gasteiger partial charge in [-0.3, -0.25) is 18.2 Å². The molecule has 7 N–H and O–H groups in total. The lowest BCUT2D eigenvalue weighted by Gasteiger charge is -2.21. The van der Waals surface area contributed by atoms with Crippen LogP contribution >= 0.6 is 0 Å². The number of phenolic OH excluding ortho intramolecular Hbond substituents is 3. The summed E-state index contributed by atoms with van der Waals surface area (Å²) in [6, 6.07) is 6.78. The maximum absolute atomic E-state index is 12.8. The zero-order chi connectivity index (χ0) is 72.5. The summed E-state index contributed by atoms with van der Waals surface area (Å²) in [4.78, 5) is -3.19. The number of fused-ring (bicyclic) bond motifs is 8. The summed E-state index contributed by atoms with van der Waals surface area (Å²) in [6.07, 6.45) is -2.68. The van der Waals surface area contributed by atoms with Crippen molar-refractivity contribution in [1.29, 1.82) is 0 Å². The minimum absolute atomic E-state index is 0.0567. The van der Waals surface area contributed by atoms with Crippen molar-refractivity contribution in [2.75, 3.05) is 232 Å². The molecule has 568 valence electrons. The lowest BCUT2D eigenvalue weighted by atomic mass is 9.91. The molecule has 0 radical (unpaired) electrons. The molecule has 0 saturated heterocycles. The number of methoxy groups -OCH3 is 1. The Morgan fingerprint density at radius 3 is 0.540 bits per heavy atom. The summed E-state index contributed by atoms with van der Waals surface area (Å²) < 4.78 is 241. The summed E-state index contributed by atoms with van der Waals surface area (Å²) in [5, 5.41) is 34.9. The van der Waals surface area contributed by atoms with Gasteiger partial charge < -0.3 is 101 Å². The van der Waals surface area contributed by atoms with Crippen LogP contribution in [0.3, 0.4) is 0 Å². The molecule has 0 heterocycles. The Balaban J connectivity index is 0.888. The highest BCUT2D eigenvalue weighted by Crippen LogP contribution is 2.41. The second-order valence-corrected chi connectivity index (χ2v) is 27.3. The van der Waals surface area contributed by atoms with E-state index in [2.05, 4.69) is 0 Å².